The van der Waals surface area contributed by atoms with Gasteiger partial charge < -0.3 is 5.11 Å². The Bertz CT molecular complexity index is 527. The van der Waals surface area contributed by atoms with E-state index in [0.29, 0.717) is 5.16 Å². The highest BCUT2D eigenvalue weighted by molar-refractivity contribution is 9.10. The molecule has 2 aromatic rings. The topological polar surface area (TPSA) is 61.8 Å². The highest BCUT2D eigenvalue weighted by Crippen LogP contribution is 2.33. The van der Waals surface area contributed by atoms with Crippen molar-refractivity contribution in [2.45, 2.75) is 30.0 Å². The molecule has 1 aromatic carbocycles. The van der Waals surface area contributed by atoms with Crippen molar-refractivity contribution in [3.05, 3.63) is 34.1 Å². The van der Waals surface area contributed by atoms with Crippen LogP contribution in [0.25, 0.3) is 0 Å². The average Bonchev–Trinajstić information content (AvgIpc) is 2.63. The van der Waals surface area contributed by atoms with Gasteiger partial charge in [0.05, 0.1) is 6.10 Å². The number of halogens is 1. The molecule has 90 valence electrons. The summed E-state index contributed by atoms with van der Waals surface area (Å²) in [4.78, 5) is 5.19. The lowest BCUT2D eigenvalue weighted by atomic mass is 10.1. The van der Waals surface area contributed by atoms with E-state index in [1.54, 1.807) is 6.92 Å². The van der Waals surface area contributed by atoms with E-state index in [9.17, 15) is 5.11 Å². The summed E-state index contributed by atoms with van der Waals surface area (Å²) >= 11 is 4.85. The predicted molar refractivity (Wildman–Crippen MR) is 70.0 cm³/mol. The number of nitrogens with zero attached hydrogens (tertiary/aromatic N) is 2. The fourth-order valence-electron chi connectivity index (χ4n) is 1.41. The number of benzene rings is 1. The maximum Gasteiger partial charge on any atom is 0.213 e. The third-order valence-electron chi connectivity index (χ3n) is 2.20. The molecule has 2 rings (SSSR count). The maximum atomic E-state index is 9.70. The van der Waals surface area contributed by atoms with Gasteiger partial charge in [0.15, 0.2) is 0 Å². The van der Waals surface area contributed by atoms with Crippen molar-refractivity contribution in [3.63, 3.8) is 0 Å². The SMILES string of the molecule is Cc1nc(Sc2cc(Br)ccc2C(C)O)n[nH]1. The molecule has 4 nitrogen and oxygen atoms in total. The molecule has 0 aliphatic carbocycles. The fourth-order valence-corrected chi connectivity index (χ4v) is 2.93. The first-order valence-corrected chi connectivity index (χ1v) is 6.71. The standard InChI is InChI=1S/C11H12BrN3OS/c1-6(16)9-4-3-8(12)5-10(9)17-11-13-7(2)14-15-11/h3-6,16H,1-2H3,(H,13,14,15). The van der Waals surface area contributed by atoms with E-state index in [0.717, 1.165) is 20.8 Å². The zero-order chi connectivity index (χ0) is 12.4. The smallest absolute Gasteiger partial charge is 0.213 e. The first-order valence-electron chi connectivity index (χ1n) is 5.10. The van der Waals surface area contributed by atoms with Gasteiger partial charge in [-0.3, -0.25) is 5.10 Å². The summed E-state index contributed by atoms with van der Waals surface area (Å²) in [5, 5.41) is 17.2. The Hall–Kier alpha value is -0.850. The lowest BCUT2D eigenvalue weighted by Gasteiger charge is -2.10. The Labute approximate surface area is 112 Å². The second-order valence-electron chi connectivity index (χ2n) is 3.66. The summed E-state index contributed by atoms with van der Waals surface area (Å²) in [5.74, 6) is 0.779. The number of aliphatic hydroxyl groups is 1. The first-order chi connectivity index (χ1) is 8.06. The summed E-state index contributed by atoms with van der Waals surface area (Å²) in [6.45, 7) is 3.60. The first kappa shape index (κ1) is 12.6. The number of aryl methyl sites for hydroxylation is 1. The van der Waals surface area contributed by atoms with Crippen molar-refractivity contribution in [1.82, 2.24) is 15.2 Å². The van der Waals surface area contributed by atoms with Crippen LogP contribution in [0.5, 0.6) is 0 Å². The van der Waals surface area contributed by atoms with E-state index < -0.39 is 6.10 Å². The summed E-state index contributed by atoms with van der Waals surface area (Å²) in [6.07, 6.45) is -0.509. The van der Waals surface area contributed by atoms with Crippen LogP contribution in [-0.4, -0.2) is 20.3 Å². The van der Waals surface area contributed by atoms with Crippen molar-refractivity contribution in [2.24, 2.45) is 0 Å². The zero-order valence-electron chi connectivity index (χ0n) is 9.44. The van der Waals surface area contributed by atoms with Gasteiger partial charge in [0, 0.05) is 9.37 Å². The predicted octanol–water partition coefficient (Wildman–Crippen LogP) is 3.08. The van der Waals surface area contributed by atoms with Gasteiger partial charge >= 0.3 is 0 Å². The van der Waals surface area contributed by atoms with E-state index in [1.165, 1.54) is 11.8 Å². The van der Waals surface area contributed by atoms with Crippen LogP contribution < -0.4 is 0 Å². The molecule has 0 spiro atoms. The maximum absolute atomic E-state index is 9.70. The summed E-state index contributed by atoms with van der Waals surface area (Å²) in [5.41, 5.74) is 0.876. The molecule has 1 atom stereocenters. The molecule has 0 saturated carbocycles. The van der Waals surface area contributed by atoms with Gasteiger partial charge in [0.25, 0.3) is 0 Å². The summed E-state index contributed by atoms with van der Waals surface area (Å²) in [7, 11) is 0. The number of nitrogens with one attached hydrogen (secondary N) is 1. The molecule has 6 heteroatoms. The van der Waals surface area contributed by atoms with Crippen LogP contribution in [0.15, 0.2) is 32.7 Å². The second-order valence-corrected chi connectivity index (χ2v) is 5.59. The molecule has 1 aromatic heterocycles. The van der Waals surface area contributed by atoms with Gasteiger partial charge in [-0.2, -0.15) is 0 Å². The fraction of sp³-hybridized carbons (Fsp3) is 0.273. The number of hydrogen-bond donors (Lipinski definition) is 2. The largest absolute Gasteiger partial charge is 0.389 e. The quantitative estimate of drug-likeness (QED) is 0.914. The van der Waals surface area contributed by atoms with Crippen molar-refractivity contribution in [3.8, 4) is 0 Å². The van der Waals surface area contributed by atoms with Crippen LogP contribution in [0, 0.1) is 6.92 Å². The highest BCUT2D eigenvalue weighted by Gasteiger charge is 2.12. The van der Waals surface area contributed by atoms with Crippen molar-refractivity contribution < 1.29 is 5.11 Å². The third-order valence-corrected chi connectivity index (χ3v) is 3.64. The second kappa shape index (κ2) is 5.20. The molecule has 17 heavy (non-hydrogen) atoms. The van der Waals surface area contributed by atoms with E-state index in [4.69, 9.17) is 0 Å². The molecular weight excluding hydrogens is 302 g/mol. The van der Waals surface area contributed by atoms with E-state index >= 15 is 0 Å². The van der Waals surface area contributed by atoms with Crippen molar-refractivity contribution >= 4 is 27.7 Å². The summed E-state index contributed by atoms with van der Waals surface area (Å²) < 4.78 is 0.969. The van der Waals surface area contributed by atoms with Gasteiger partial charge in [-0.25, -0.2) is 4.98 Å². The lowest BCUT2D eigenvalue weighted by molar-refractivity contribution is 0.196. The Morgan fingerprint density at radius 2 is 2.24 bits per heavy atom. The monoisotopic (exact) mass is 313 g/mol. The van der Waals surface area contributed by atoms with Gasteiger partial charge in [-0.1, -0.05) is 22.0 Å². The lowest BCUT2D eigenvalue weighted by Crippen LogP contribution is -1.94. The molecule has 0 amide bonds. The van der Waals surface area contributed by atoms with Crippen molar-refractivity contribution in [2.75, 3.05) is 0 Å². The van der Waals surface area contributed by atoms with Gasteiger partial charge in [-0.05, 0) is 43.3 Å². The molecule has 1 heterocycles. The number of H-pyrrole nitrogens is 1. The van der Waals surface area contributed by atoms with E-state index in [-0.39, 0.29) is 0 Å². The zero-order valence-corrected chi connectivity index (χ0v) is 11.8. The van der Waals surface area contributed by atoms with E-state index in [2.05, 4.69) is 31.1 Å². The van der Waals surface area contributed by atoms with Crippen LogP contribution in [-0.2, 0) is 0 Å². The van der Waals surface area contributed by atoms with Crippen molar-refractivity contribution in [1.29, 1.82) is 0 Å². The Kier molecular flexibility index (Phi) is 3.86. The van der Waals surface area contributed by atoms with Gasteiger partial charge in [-0.15, -0.1) is 5.10 Å². The number of aromatic amines is 1. The number of rotatable bonds is 3. The molecule has 0 bridgehead atoms. The van der Waals surface area contributed by atoms with Crippen LogP contribution in [0.4, 0.5) is 0 Å². The Morgan fingerprint density at radius 1 is 1.47 bits per heavy atom. The number of aliphatic hydroxyl groups excluding tert-OH is 1. The molecule has 0 aliphatic rings. The normalized spacial score (nSPS) is 12.7. The third kappa shape index (κ3) is 3.08. The minimum absolute atomic E-state index is 0.509. The van der Waals surface area contributed by atoms with Gasteiger partial charge in [0.2, 0.25) is 5.16 Å². The molecular formula is C11H12BrN3OS. The average molecular weight is 314 g/mol. The molecule has 0 saturated heterocycles. The van der Waals surface area contributed by atoms with E-state index in [1.807, 2.05) is 25.1 Å². The van der Waals surface area contributed by atoms with Gasteiger partial charge in [0.1, 0.15) is 5.82 Å². The Balaban J connectivity index is 2.33. The van der Waals surface area contributed by atoms with Crippen LogP contribution in [0.1, 0.15) is 24.4 Å². The van der Waals surface area contributed by atoms with Crippen LogP contribution >= 0.6 is 27.7 Å². The molecule has 2 N–H and O–H groups in total. The Morgan fingerprint density at radius 3 is 2.82 bits per heavy atom. The highest BCUT2D eigenvalue weighted by atomic mass is 79.9. The minimum Gasteiger partial charge on any atom is -0.389 e. The molecule has 0 aliphatic heterocycles. The van der Waals surface area contributed by atoms with Crippen LogP contribution in [0.3, 0.4) is 0 Å². The molecule has 0 fully saturated rings. The summed E-state index contributed by atoms with van der Waals surface area (Å²) in [6, 6.07) is 5.77. The molecule has 1 unspecified atom stereocenters. The van der Waals surface area contributed by atoms with Crippen LogP contribution in [0.2, 0.25) is 0 Å². The number of hydrogen-bond acceptors (Lipinski definition) is 4. The minimum atomic E-state index is -0.509. The molecule has 0 radical (unpaired) electrons. The number of aromatic nitrogens is 3.